The van der Waals surface area contributed by atoms with E-state index in [0.29, 0.717) is 17.7 Å². The maximum Gasteiger partial charge on any atom is 0.253 e. The molecule has 0 aliphatic carbocycles. The van der Waals surface area contributed by atoms with Crippen LogP contribution in [0.2, 0.25) is 0 Å². The highest BCUT2D eigenvalue weighted by molar-refractivity contribution is 5.97. The molecule has 1 fully saturated rings. The molecule has 0 radical (unpaired) electrons. The van der Waals surface area contributed by atoms with Crippen molar-refractivity contribution in [1.29, 1.82) is 0 Å². The minimum absolute atomic E-state index is 0.0479. The number of benzene rings is 3. The van der Waals surface area contributed by atoms with Crippen LogP contribution in [-0.2, 0) is 11.2 Å². The van der Waals surface area contributed by atoms with Gasteiger partial charge in [-0.25, -0.2) is 0 Å². The van der Waals surface area contributed by atoms with Gasteiger partial charge in [0.1, 0.15) is 0 Å². The summed E-state index contributed by atoms with van der Waals surface area (Å²) in [5, 5.41) is 5.16. The summed E-state index contributed by atoms with van der Waals surface area (Å²) in [6, 6.07) is 21.2. The quantitative estimate of drug-likeness (QED) is 0.746. The van der Waals surface area contributed by atoms with Crippen LogP contribution in [0, 0.1) is 0 Å². The van der Waals surface area contributed by atoms with Crippen LogP contribution in [0.4, 0.5) is 5.69 Å². The standard InChI is InChI=1S/C24H25N3O2/c1-26-13-15-27(16-14-26)24(29)19-9-11-21(12-10-19)25-23(28)17-20-7-4-6-18-5-2-3-8-22(18)20/h2-12H,13-17H2,1H3,(H,25,28). The molecule has 1 aliphatic rings. The van der Waals surface area contributed by atoms with Crippen molar-refractivity contribution in [2.24, 2.45) is 0 Å². The van der Waals surface area contributed by atoms with E-state index in [0.717, 1.165) is 42.5 Å². The molecular formula is C24H25N3O2. The first-order valence-corrected chi connectivity index (χ1v) is 9.94. The second-order valence-electron chi connectivity index (χ2n) is 7.54. The van der Waals surface area contributed by atoms with E-state index in [4.69, 9.17) is 0 Å². The lowest BCUT2D eigenvalue weighted by Gasteiger charge is -2.32. The first kappa shape index (κ1) is 19.2. The van der Waals surface area contributed by atoms with Crippen molar-refractivity contribution in [2.75, 3.05) is 38.5 Å². The molecule has 1 aliphatic heterocycles. The van der Waals surface area contributed by atoms with Crippen LogP contribution in [0.5, 0.6) is 0 Å². The molecule has 1 N–H and O–H groups in total. The van der Waals surface area contributed by atoms with Crippen LogP contribution in [0.1, 0.15) is 15.9 Å². The van der Waals surface area contributed by atoms with Crippen LogP contribution < -0.4 is 5.32 Å². The molecule has 148 valence electrons. The maximum absolute atomic E-state index is 12.6. The lowest BCUT2D eigenvalue weighted by molar-refractivity contribution is -0.115. The number of carbonyl (C=O) groups excluding carboxylic acids is 2. The molecule has 0 atom stereocenters. The normalized spacial score (nSPS) is 14.7. The van der Waals surface area contributed by atoms with Gasteiger partial charge in [0.25, 0.3) is 5.91 Å². The number of likely N-dealkylation sites (N-methyl/N-ethyl adjacent to an activating group) is 1. The fourth-order valence-electron chi connectivity index (χ4n) is 3.71. The number of hydrogen-bond acceptors (Lipinski definition) is 3. The van der Waals surface area contributed by atoms with Gasteiger partial charge < -0.3 is 15.1 Å². The highest BCUT2D eigenvalue weighted by Gasteiger charge is 2.20. The molecule has 2 amide bonds. The summed E-state index contributed by atoms with van der Waals surface area (Å²) in [4.78, 5) is 29.3. The molecule has 0 saturated carbocycles. The Labute approximate surface area is 170 Å². The second kappa shape index (κ2) is 8.45. The van der Waals surface area contributed by atoms with Crippen molar-refractivity contribution in [1.82, 2.24) is 9.80 Å². The Morgan fingerprint density at radius 2 is 1.55 bits per heavy atom. The largest absolute Gasteiger partial charge is 0.336 e. The van der Waals surface area contributed by atoms with E-state index >= 15 is 0 Å². The van der Waals surface area contributed by atoms with Crippen LogP contribution >= 0.6 is 0 Å². The third-order valence-electron chi connectivity index (χ3n) is 5.44. The lowest BCUT2D eigenvalue weighted by atomic mass is 10.0. The Hall–Kier alpha value is -3.18. The molecule has 0 bridgehead atoms. The summed E-state index contributed by atoms with van der Waals surface area (Å²) >= 11 is 0. The summed E-state index contributed by atoms with van der Waals surface area (Å²) < 4.78 is 0. The first-order valence-electron chi connectivity index (χ1n) is 9.94. The summed E-state index contributed by atoms with van der Waals surface area (Å²) in [7, 11) is 2.07. The van der Waals surface area contributed by atoms with E-state index in [1.165, 1.54) is 0 Å². The van der Waals surface area contributed by atoms with Crippen molar-refractivity contribution in [3.05, 3.63) is 77.9 Å². The zero-order chi connectivity index (χ0) is 20.2. The third kappa shape index (κ3) is 4.46. The molecule has 5 nitrogen and oxygen atoms in total. The van der Waals surface area contributed by atoms with Crippen molar-refractivity contribution in [3.8, 4) is 0 Å². The van der Waals surface area contributed by atoms with Gasteiger partial charge in [0.15, 0.2) is 0 Å². The Kier molecular flexibility index (Phi) is 5.58. The van der Waals surface area contributed by atoms with Gasteiger partial charge in [-0.15, -0.1) is 0 Å². The van der Waals surface area contributed by atoms with Crippen molar-refractivity contribution >= 4 is 28.3 Å². The van der Waals surface area contributed by atoms with Crippen LogP contribution in [0.15, 0.2) is 66.7 Å². The van der Waals surface area contributed by atoms with Gasteiger partial charge in [-0.05, 0) is 47.6 Å². The molecule has 0 aromatic heterocycles. The molecule has 4 rings (SSSR count). The number of piperazine rings is 1. The Morgan fingerprint density at radius 3 is 2.31 bits per heavy atom. The zero-order valence-corrected chi connectivity index (χ0v) is 16.6. The van der Waals surface area contributed by atoms with Crippen LogP contribution in [-0.4, -0.2) is 54.8 Å². The Morgan fingerprint density at radius 1 is 0.862 bits per heavy atom. The van der Waals surface area contributed by atoms with Crippen molar-refractivity contribution in [3.63, 3.8) is 0 Å². The van der Waals surface area contributed by atoms with Gasteiger partial charge in [0.05, 0.1) is 6.42 Å². The minimum Gasteiger partial charge on any atom is -0.336 e. The molecule has 29 heavy (non-hydrogen) atoms. The van der Waals surface area contributed by atoms with E-state index in [1.54, 1.807) is 24.3 Å². The molecular weight excluding hydrogens is 362 g/mol. The van der Waals surface area contributed by atoms with Crippen LogP contribution in [0.3, 0.4) is 0 Å². The number of rotatable bonds is 4. The number of carbonyl (C=O) groups is 2. The molecule has 5 heteroatoms. The maximum atomic E-state index is 12.6. The predicted molar refractivity (Wildman–Crippen MR) is 116 cm³/mol. The monoisotopic (exact) mass is 387 g/mol. The van der Waals surface area contributed by atoms with E-state index in [1.807, 2.05) is 47.4 Å². The highest BCUT2D eigenvalue weighted by atomic mass is 16.2. The molecule has 0 spiro atoms. The smallest absolute Gasteiger partial charge is 0.253 e. The number of anilines is 1. The second-order valence-corrected chi connectivity index (χ2v) is 7.54. The average Bonchev–Trinajstić information content (AvgIpc) is 2.74. The molecule has 1 saturated heterocycles. The number of hydrogen-bond donors (Lipinski definition) is 1. The number of nitrogens with zero attached hydrogens (tertiary/aromatic N) is 2. The van der Waals surface area contributed by atoms with Crippen molar-refractivity contribution < 1.29 is 9.59 Å². The Balaban J connectivity index is 1.39. The SMILES string of the molecule is CN1CCN(C(=O)c2ccc(NC(=O)Cc3cccc4ccccc34)cc2)CC1. The molecule has 0 unspecified atom stereocenters. The van der Waals surface area contributed by atoms with Gasteiger partial charge >= 0.3 is 0 Å². The molecule has 3 aromatic carbocycles. The molecule has 3 aromatic rings. The van der Waals surface area contributed by atoms with E-state index in [9.17, 15) is 9.59 Å². The fourth-order valence-corrected chi connectivity index (χ4v) is 3.71. The van der Waals surface area contributed by atoms with E-state index in [-0.39, 0.29) is 11.8 Å². The molecule has 1 heterocycles. The zero-order valence-electron chi connectivity index (χ0n) is 16.6. The van der Waals surface area contributed by atoms with E-state index < -0.39 is 0 Å². The summed E-state index contributed by atoms with van der Waals surface area (Å²) in [5.74, 6) is -0.0220. The predicted octanol–water partition coefficient (Wildman–Crippen LogP) is 3.41. The van der Waals surface area contributed by atoms with Crippen molar-refractivity contribution in [2.45, 2.75) is 6.42 Å². The van der Waals surface area contributed by atoms with Gasteiger partial charge in [-0.2, -0.15) is 0 Å². The minimum atomic E-state index is -0.0699. The number of nitrogens with one attached hydrogen (secondary N) is 1. The topological polar surface area (TPSA) is 52.6 Å². The Bertz CT molecular complexity index is 1020. The van der Waals surface area contributed by atoms with Gasteiger partial charge in [-0.3, -0.25) is 9.59 Å². The van der Waals surface area contributed by atoms with Gasteiger partial charge in [0, 0.05) is 37.4 Å². The third-order valence-corrected chi connectivity index (χ3v) is 5.44. The number of fused-ring (bicyclic) bond motifs is 1. The van der Waals surface area contributed by atoms with Crippen LogP contribution in [0.25, 0.3) is 10.8 Å². The summed E-state index contributed by atoms with van der Waals surface area (Å²) in [6.45, 7) is 3.29. The van der Waals surface area contributed by atoms with E-state index in [2.05, 4.69) is 17.3 Å². The fraction of sp³-hybridized carbons (Fsp3) is 0.250. The lowest BCUT2D eigenvalue weighted by Crippen LogP contribution is -2.47. The average molecular weight is 387 g/mol. The highest BCUT2D eigenvalue weighted by Crippen LogP contribution is 2.20. The van der Waals surface area contributed by atoms with Gasteiger partial charge in [-0.1, -0.05) is 42.5 Å². The van der Waals surface area contributed by atoms with Gasteiger partial charge in [0.2, 0.25) is 5.91 Å². The first-order chi connectivity index (χ1) is 14.1. The summed E-state index contributed by atoms with van der Waals surface area (Å²) in [6.07, 6.45) is 0.309. The number of amides is 2. The summed E-state index contributed by atoms with van der Waals surface area (Å²) in [5.41, 5.74) is 2.36.